The second-order valence-electron chi connectivity index (χ2n) is 6.67. The van der Waals surface area contributed by atoms with Crippen LogP contribution in [0, 0.1) is 0 Å². The number of thiophene rings is 1. The molecule has 0 spiro atoms. The summed E-state index contributed by atoms with van der Waals surface area (Å²) < 4.78 is 10.6. The Kier molecular flexibility index (Phi) is 6.10. The van der Waals surface area contributed by atoms with Gasteiger partial charge in [0.1, 0.15) is 0 Å². The lowest BCUT2D eigenvalue weighted by Crippen LogP contribution is -2.24. The molecule has 1 aliphatic heterocycles. The van der Waals surface area contributed by atoms with E-state index in [2.05, 4.69) is 10.6 Å². The van der Waals surface area contributed by atoms with Crippen molar-refractivity contribution in [3.8, 4) is 11.5 Å². The SMILES string of the molecule is O=C(/C=C/c1ccc2c(c1)OCO2)Nc1ccc(CC(=O)NCc2cccs2)cc1. The zero-order valence-electron chi connectivity index (χ0n) is 16.1. The fourth-order valence-corrected chi connectivity index (χ4v) is 3.57. The number of anilines is 1. The largest absolute Gasteiger partial charge is 0.454 e. The minimum absolute atomic E-state index is 0.0353. The van der Waals surface area contributed by atoms with Crippen molar-refractivity contribution >= 4 is 34.9 Å². The quantitative estimate of drug-likeness (QED) is 0.567. The number of amides is 2. The molecule has 0 saturated carbocycles. The van der Waals surface area contributed by atoms with Gasteiger partial charge in [0, 0.05) is 16.6 Å². The van der Waals surface area contributed by atoms with Gasteiger partial charge in [0.15, 0.2) is 11.5 Å². The van der Waals surface area contributed by atoms with Crippen LogP contribution in [0.2, 0.25) is 0 Å². The molecule has 4 rings (SSSR count). The van der Waals surface area contributed by atoms with Gasteiger partial charge in [-0.15, -0.1) is 11.3 Å². The Hall–Kier alpha value is -3.58. The first-order chi connectivity index (χ1) is 14.7. The third kappa shape index (κ3) is 5.27. The second kappa shape index (κ2) is 9.28. The number of ether oxygens (including phenoxy) is 2. The fraction of sp³-hybridized carbons (Fsp3) is 0.130. The fourth-order valence-electron chi connectivity index (χ4n) is 2.93. The van der Waals surface area contributed by atoms with E-state index in [1.54, 1.807) is 29.5 Å². The van der Waals surface area contributed by atoms with Crippen molar-refractivity contribution in [2.45, 2.75) is 13.0 Å². The molecule has 2 heterocycles. The van der Waals surface area contributed by atoms with E-state index in [1.165, 1.54) is 6.08 Å². The van der Waals surface area contributed by atoms with E-state index in [0.717, 1.165) is 16.0 Å². The summed E-state index contributed by atoms with van der Waals surface area (Å²) >= 11 is 1.61. The summed E-state index contributed by atoms with van der Waals surface area (Å²) in [4.78, 5) is 25.3. The summed E-state index contributed by atoms with van der Waals surface area (Å²) in [6, 6.07) is 16.7. The van der Waals surface area contributed by atoms with Gasteiger partial charge in [0.05, 0.1) is 13.0 Å². The summed E-state index contributed by atoms with van der Waals surface area (Å²) in [5.74, 6) is 1.10. The molecule has 152 valence electrons. The van der Waals surface area contributed by atoms with Gasteiger partial charge in [0.25, 0.3) is 0 Å². The summed E-state index contributed by atoms with van der Waals surface area (Å²) in [5, 5.41) is 7.70. The summed E-state index contributed by atoms with van der Waals surface area (Å²) in [5.41, 5.74) is 2.39. The standard InChI is InChI=1S/C23H20N2O4S/c26-22(10-6-16-5-9-20-21(12-16)29-15-28-20)25-18-7-3-17(4-8-18)13-23(27)24-14-19-2-1-11-30-19/h1-12H,13-15H2,(H,24,27)(H,25,26)/b10-6+. The number of rotatable bonds is 7. The van der Waals surface area contributed by atoms with Crippen molar-refractivity contribution in [2.24, 2.45) is 0 Å². The molecule has 0 saturated heterocycles. The Morgan fingerprint density at radius 1 is 1.03 bits per heavy atom. The number of nitrogens with one attached hydrogen (secondary N) is 2. The highest BCUT2D eigenvalue weighted by molar-refractivity contribution is 7.09. The van der Waals surface area contributed by atoms with Crippen LogP contribution in [0.15, 0.2) is 66.1 Å². The van der Waals surface area contributed by atoms with Crippen LogP contribution < -0.4 is 20.1 Å². The lowest BCUT2D eigenvalue weighted by molar-refractivity contribution is -0.120. The molecule has 0 aliphatic carbocycles. The van der Waals surface area contributed by atoms with Crippen molar-refractivity contribution in [3.05, 3.63) is 82.1 Å². The van der Waals surface area contributed by atoms with Crippen LogP contribution in [-0.4, -0.2) is 18.6 Å². The van der Waals surface area contributed by atoms with Crippen LogP contribution in [0.3, 0.4) is 0 Å². The van der Waals surface area contributed by atoms with Crippen molar-refractivity contribution in [3.63, 3.8) is 0 Å². The van der Waals surface area contributed by atoms with Crippen molar-refractivity contribution < 1.29 is 19.1 Å². The molecule has 1 aliphatic rings. The first kappa shape index (κ1) is 19.7. The first-order valence-corrected chi connectivity index (χ1v) is 10.3. The van der Waals surface area contributed by atoms with Gasteiger partial charge in [-0.3, -0.25) is 9.59 Å². The van der Waals surface area contributed by atoms with Gasteiger partial charge in [-0.05, 0) is 52.9 Å². The zero-order valence-corrected chi connectivity index (χ0v) is 16.9. The topological polar surface area (TPSA) is 76.7 Å². The predicted molar refractivity (Wildman–Crippen MR) is 117 cm³/mol. The Morgan fingerprint density at radius 2 is 1.87 bits per heavy atom. The monoisotopic (exact) mass is 420 g/mol. The van der Waals surface area contributed by atoms with Gasteiger partial charge in [0.2, 0.25) is 18.6 Å². The van der Waals surface area contributed by atoms with Gasteiger partial charge in [-0.25, -0.2) is 0 Å². The second-order valence-corrected chi connectivity index (χ2v) is 7.70. The zero-order chi connectivity index (χ0) is 20.8. The van der Waals surface area contributed by atoms with E-state index in [-0.39, 0.29) is 18.6 Å². The molecular formula is C23H20N2O4S. The van der Waals surface area contributed by atoms with Crippen LogP contribution in [0.4, 0.5) is 5.69 Å². The van der Waals surface area contributed by atoms with E-state index in [1.807, 2.05) is 47.8 Å². The molecule has 3 aromatic rings. The lowest BCUT2D eigenvalue weighted by Gasteiger charge is -2.06. The number of benzene rings is 2. The minimum Gasteiger partial charge on any atom is -0.454 e. The molecule has 0 radical (unpaired) electrons. The number of hydrogen-bond acceptors (Lipinski definition) is 5. The van der Waals surface area contributed by atoms with E-state index in [0.29, 0.717) is 30.2 Å². The molecular weight excluding hydrogens is 400 g/mol. The van der Waals surface area contributed by atoms with E-state index >= 15 is 0 Å². The molecule has 2 amide bonds. The highest BCUT2D eigenvalue weighted by Gasteiger charge is 2.12. The summed E-state index contributed by atoms with van der Waals surface area (Å²) in [7, 11) is 0. The highest BCUT2D eigenvalue weighted by atomic mass is 32.1. The summed E-state index contributed by atoms with van der Waals surface area (Å²) in [6.07, 6.45) is 3.47. The maximum atomic E-state index is 12.2. The normalized spacial score (nSPS) is 12.1. The van der Waals surface area contributed by atoms with E-state index in [9.17, 15) is 9.59 Å². The summed E-state index contributed by atoms with van der Waals surface area (Å²) in [6.45, 7) is 0.760. The highest BCUT2D eigenvalue weighted by Crippen LogP contribution is 2.32. The van der Waals surface area contributed by atoms with Crippen LogP contribution in [0.1, 0.15) is 16.0 Å². The number of fused-ring (bicyclic) bond motifs is 1. The van der Waals surface area contributed by atoms with Gasteiger partial charge in [-0.1, -0.05) is 24.3 Å². The van der Waals surface area contributed by atoms with Crippen LogP contribution in [0.5, 0.6) is 11.5 Å². The maximum Gasteiger partial charge on any atom is 0.248 e. The molecule has 0 unspecified atom stereocenters. The van der Waals surface area contributed by atoms with Gasteiger partial charge in [-0.2, -0.15) is 0 Å². The average molecular weight is 420 g/mol. The van der Waals surface area contributed by atoms with Crippen molar-refractivity contribution in [2.75, 3.05) is 12.1 Å². The Labute approximate surface area is 178 Å². The molecule has 2 aromatic carbocycles. The molecule has 0 fully saturated rings. The molecule has 2 N–H and O–H groups in total. The smallest absolute Gasteiger partial charge is 0.248 e. The predicted octanol–water partition coefficient (Wildman–Crippen LogP) is 3.99. The number of hydrogen-bond donors (Lipinski definition) is 2. The van der Waals surface area contributed by atoms with E-state index < -0.39 is 0 Å². The van der Waals surface area contributed by atoms with E-state index in [4.69, 9.17) is 9.47 Å². The van der Waals surface area contributed by atoms with Crippen molar-refractivity contribution in [1.29, 1.82) is 0 Å². The molecule has 6 nitrogen and oxygen atoms in total. The molecule has 1 aromatic heterocycles. The van der Waals surface area contributed by atoms with Crippen LogP contribution in [0.25, 0.3) is 6.08 Å². The van der Waals surface area contributed by atoms with Crippen LogP contribution in [-0.2, 0) is 22.6 Å². The third-order valence-corrected chi connectivity index (χ3v) is 5.33. The number of carbonyl (C=O) groups excluding carboxylic acids is 2. The average Bonchev–Trinajstić information content (AvgIpc) is 3.43. The Morgan fingerprint density at radius 3 is 2.67 bits per heavy atom. The molecule has 30 heavy (non-hydrogen) atoms. The molecule has 0 atom stereocenters. The number of carbonyl (C=O) groups is 2. The van der Waals surface area contributed by atoms with Crippen LogP contribution >= 0.6 is 11.3 Å². The molecule has 7 heteroatoms. The van der Waals surface area contributed by atoms with Gasteiger partial charge >= 0.3 is 0 Å². The Balaban J connectivity index is 1.26. The lowest BCUT2D eigenvalue weighted by atomic mass is 10.1. The molecule has 0 bridgehead atoms. The first-order valence-electron chi connectivity index (χ1n) is 9.42. The van der Waals surface area contributed by atoms with Gasteiger partial charge < -0.3 is 20.1 Å². The third-order valence-electron chi connectivity index (χ3n) is 4.45. The minimum atomic E-state index is -0.242. The van der Waals surface area contributed by atoms with Crippen molar-refractivity contribution in [1.82, 2.24) is 5.32 Å². The Bertz CT molecular complexity index is 1060. The maximum absolute atomic E-state index is 12.2.